The Morgan fingerprint density at radius 3 is 2.69 bits per heavy atom. The molecule has 0 aliphatic carbocycles. The van der Waals surface area contributed by atoms with Crippen molar-refractivity contribution in [3.8, 4) is 6.07 Å². The number of aromatic nitrogens is 5. The lowest BCUT2D eigenvalue weighted by Crippen LogP contribution is -2.33. The minimum atomic E-state index is 0.446. The van der Waals surface area contributed by atoms with Crippen LogP contribution in [0, 0.1) is 18.3 Å². The standard InChI is InChI=1S/C22H27N7/c1-3-29-21(16-28-12-9-24-17(28)2)25-26-22(29)20-7-10-27(11-8-20)15-19-6-4-5-18(13-19)14-23/h4-6,9,12-13,20H,3,7-8,10-11,15-16H2,1-2H3. The first kappa shape index (κ1) is 19.3. The SMILES string of the molecule is CCn1c(Cn2ccnc2C)nnc1C1CCN(Cc2cccc(C#N)c2)CC1. The fraction of sp³-hybridized carbons (Fsp3) is 0.455. The molecule has 0 bridgehead atoms. The Hall–Kier alpha value is -2.98. The Kier molecular flexibility index (Phi) is 5.72. The van der Waals surface area contributed by atoms with E-state index in [2.05, 4.69) is 48.3 Å². The van der Waals surface area contributed by atoms with E-state index in [4.69, 9.17) is 5.26 Å². The summed E-state index contributed by atoms with van der Waals surface area (Å²) in [6.45, 7) is 8.73. The van der Waals surface area contributed by atoms with Gasteiger partial charge in [-0.1, -0.05) is 12.1 Å². The van der Waals surface area contributed by atoms with Crippen LogP contribution in [0.3, 0.4) is 0 Å². The summed E-state index contributed by atoms with van der Waals surface area (Å²) in [7, 11) is 0. The van der Waals surface area contributed by atoms with Crippen molar-refractivity contribution in [3.63, 3.8) is 0 Å². The molecule has 3 aromatic rings. The molecule has 1 aliphatic heterocycles. The second kappa shape index (κ2) is 8.58. The van der Waals surface area contributed by atoms with Gasteiger partial charge in [0, 0.05) is 31.4 Å². The lowest BCUT2D eigenvalue weighted by Gasteiger charge is -2.31. The van der Waals surface area contributed by atoms with Crippen LogP contribution in [0.15, 0.2) is 36.7 Å². The Morgan fingerprint density at radius 1 is 1.17 bits per heavy atom. The normalized spacial score (nSPS) is 15.5. The molecule has 0 atom stereocenters. The van der Waals surface area contributed by atoms with E-state index in [1.165, 1.54) is 5.56 Å². The number of piperidine rings is 1. The molecule has 1 saturated heterocycles. The molecule has 0 amide bonds. The van der Waals surface area contributed by atoms with E-state index in [0.717, 1.165) is 62.1 Å². The van der Waals surface area contributed by atoms with Crippen LogP contribution in [0.5, 0.6) is 0 Å². The lowest BCUT2D eigenvalue weighted by molar-refractivity contribution is 0.200. The van der Waals surface area contributed by atoms with Gasteiger partial charge in [-0.15, -0.1) is 10.2 Å². The van der Waals surface area contributed by atoms with E-state index in [9.17, 15) is 0 Å². The fourth-order valence-electron chi connectivity index (χ4n) is 4.18. The molecule has 4 rings (SSSR count). The van der Waals surface area contributed by atoms with Crippen molar-refractivity contribution in [3.05, 3.63) is 65.3 Å². The number of nitriles is 1. The lowest BCUT2D eigenvalue weighted by atomic mass is 9.95. The van der Waals surface area contributed by atoms with Gasteiger partial charge in [-0.05, 0) is 57.5 Å². The largest absolute Gasteiger partial charge is 0.328 e. The highest BCUT2D eigenvalue weighted by atomic mass is 15.3. The van der Waals surface area contributed by atoms with E-state index in [-0.39, 0.29) is 0 Å². The zero-order chi connectivity index (χ0) is 20.2. The molecule has 150 valence electrons. The highest BCUT2D eigenvalue weighted by Crippen LogP contribution is 2.28. The van der Waals surface area contributed by atoms with Gasteiger partial charge in [0.15, 0.2) is 5.82 Å². The van der Waals surface area contributed by atoms with Gasteiger partial charge in [0.2, 0.25) is 0 Å². The zero-order valence-electron chi connectivity index (χ0n) is 17.1. The maximum Gasteiger partial charge on any atom is 0.153 e. The van der Waals surface area contributed by atoms with Crippen molar-refractivity contribution < 1.29 is 0 Å². The second-order valence-corrected chi connectivity index (χ2v) is 7.68. The van der Waals surface area contributed by atoms with Crippen molar-refractivity contribution >= 4 is 0 Å². The molecule has 29 heavy (non-hydrogen) atoms. The molecule has 0 radical (unpaired) electrons. The van der Waals surface area contributed by atoms with Gasteiger partial charge < -0.3 is 9.13 Å². The summed E-state index contributed by atoms with van der Waals surface area (Å²) >= 11 is 0. The van der Waals surface area contributed by atoms with Gasteiger partial charge in [-0.25, -0.2) is 4.98 Å². The third kappa shape index (κ3) is 4.22. The average molecular weight is 390 g/mol. The summed E-state index contributed by atoms with van der Waals surface area (Å²) in [6.07, 6.45) is 5.98. The van der Waals surface area contributed by atoms with Gasteiger partial charge in [-0.3, -0.25) is 4.90 Å². The maximum absolute atomic E-state index is 9.09. The number of benzene rings is 1. The van der Waals surface area contributed by atoms with E-state index >= 15 is 0 Å². The summed E-state index contributed by atoms with van der Waals surface area (Å²) in [5.74, 6) is 3.55. The molecule has 2 aromatic heterocycles. The minimum absolute atomic E-state index is 0.446. The highest BCUT2D eigenvalue weighted by molar-refractivity contribution is 5.32. The van der Waals surface area contributed by atoms with E-state index in [0.29, 0.717) is 12.5 Å². The van der Waals surface area contributed by atoms with Crippen molar-refractivity contribution in [2.24, 2.45) is 0 Å². The predicted molar refractivity (Wildman–Crippen MR) is 110 cm³/mol. The predicted octanol–water partition coefficient (Wildman–Crippen LogP) is 3.10. The first-order valence-electron chi connectivity index (χ1n) is 10.3. The second-order valence-electron chi connectivity index (χ2n) is 7.68. The summed E-state index contributed by atoms with van der Waals surface area (Å²) in [4.78, 5) is 6.77. The molecular weight excluding hydrogens is 362 g/mol. The van der Waals surface area contributed by atoms with Crippen LogP contribution in [-0.2, 0) is 19.6 Å². The van der Waals surface area contributed by atoms with Crippen LogP contribution in [0.2, 0.25) is 0 Å². The van der Waals surface area contributed by atoms with Gasteiger partial charge >= 0.3 is 0 Å². The van der Waals surface area contributed by atoms with Crippen LogP contribution < -0.4 is 0 Å². The molecule has 1 aromatic carbocycles. The van der Waals surface area contributed by atoms with Gasteiger partial charge in [0.05, 0.1) is 18.2 Å². The molecule has 0 unspecified atom stereocenters. The zero-order valence-corrected chi connectivity index (χ0v) is 17.1. The van der Waals surface area contributed by atoms with Crippen LogP contribution >= 0.6 is 0 Å². The number of nitrogens with zero attached hydrogens (tertiary/aromatic N) is 7. The topological polar surface area (TPSA) is 75.6 Å². The number of aryl methyl sites for hydroxylation is 1. The summed E-state index contributed by atoms with van der Waals surface area (Å²) in [5.41, 5.74) is 1.94. The van der Waals surface area contributed by atoms with Crippen LogP contribution in [-0.4, -0.2) is 42.3 Å². The van der Waals surface area contributed by atoms with Crippen LogP contribution in [0.1, 0.15) is 54.3 Å². The average Bonchev–Trinajstić information content (AvgIpc) is 3.35. The van der Waals surface area contributed by atoms with E-state index in [1.807, 2.05) is 37.5 Å². The summed E-state index contributed by atoms with van der Waals surface area (Å²) in [5, 5.41) is 18.2. The molecule has 0 spiro atoms. The Balaban J connectivity index is 1.40. The van der Waals surface area contributed by atoms with Crippen molar-refractivity contribution in [1.82, 2.24) is 29.2 Å². The van der Waals surface area contributed by atoms with Crippen LogP contribution in [0.25, 0.3) is 0 Å². The van der Waals surface area contributed by atoms with Gasteiger partial charge in [0.1, 0.15) is 11.6 Å². The molecule has 1 aliphatic rings. The first-order valence-corrected chi connectivity index (χ1v) is 10.3. The smallest absolute Gasteiger partial charge is 0.153 e. The highest BCUT2D eigenvalue weighted by Gasteiger charge is 2.26. The molecule has 3 heterocycles. The molecule has 7 heteroatoms. The Labute approximate surface area is 171 Å². The minimum Gasteiger partial charge on any atom is -0.328 e. The van der Waals surface area contributed by atoms with Crippen molar-refractivity contribution in [1.29, 1.82) is 5.26 Å². The number of rotatable bonds is 6. The van der Waals surface area contributed by atoms with Crippen LogP contribution in [0.4, 0.5) is 0 Å². The van der Waals surface area contributed by atoms with Crippen molar-refractivity contribution in [2.45, 2.75) is 52.2 Å². The Bertz CT molecular complexity index is 1000. The number of imidazole rings is 1. The third-order valence-corrected chi connectivity index (χ3v) is 5.82. The third-order valence-electron chi connectivity index (χ3n) is 5.82. The van der Waals surface area contributed by atoms with Crippen molar-refractivity contribution in [2.75, 3.05) is 13.1 Å². The molecule has 1 fully saturated rings. The quantitative estimate of drug-likeness (QED) is 0.647. The van der Waals surface area contributed by atoms with E-state index < -0.39 is 0 Å². The number of hydrogen-bond acceptors (Lipinski definition) is 5. The monoisotopic (exact) mass is 389 g/mol. The summed E-state index contributed by atoms with van der Waals surface area (Å²) in [6, 6.07) is 10.1. The Morgan fingerprint density at radius 2 is 2.00 bits per heavy atom. The summed E-state index contributed by atoms with van der Waals surface area (Å²) < 4.78 is 4.38. The molecular formula is C22H27N7. The maximum atomic E-state index is 9.09. The molecule has 7 nitrogen and oxygen atoms in total. The molecule has 0 N–H and O–H groups in total. The van der Waals surface area contributed by atoms with Gasteiger partial charge in [-0.2, -0.15) is 5.26 Å². The van der Waals surface area contributed by atoms with Gasteiger partial charge in [0.25, 0.3) is 0 Å². The number of hydrogen-bond donors (Lipinski definition) is 0. The molecule has 0 saturated carbocycles. The fourth-order valence-corrected chi connectivity index (χ4v) is 4.18. The first-order chi connectivity index (χ1) is 14.2. The van der Waals surface area contributed by atoms with E-state index in [1.54, 1.807) is 0 Å². The number of likely N-dealkylation sites (tertiary alicyclic amines) is 1.